The lowest BCUT2D eigenvalue weighted by Gasteiger charge is -2.28. The van der Waals surface area contributed by atoms with Crippen LogP contribution in [0.5, 0.6) is 0 Å². The Hall–Kier alpha value is -3.53. The molecule has 0 spiro atoms. The molecule has 6 nitrogen and oxygen atoms in total. The van der Waals surface area contributed by atoms with Crippen LogP contribution in [-0.2, 0) is 9.53 Å². The number of anilines is 2. The minimum absolute atomic E-state index is 0.0580. The number of carbonyl (C=O) groups is 1. The second-order valence-corrected chi connectivity index (χ2v) is 7.36. The predicted molar refractivity (Wildman–Crippen MR) is 121 cm³/mol. The van der Waals surface area contributed by atoms with E-state index in [4.69, 9.17) is 20.8 Å². The topological polar surface area (TPSA) is 78.5 Å². The molecule has 1 saturated heterocycles. The van der Waals surface area contributed by atoms with E-state index in [-0.39, 0.29) is 5.57 Å². The lowest BCUT2D eigenvalue weighted by atomic mass is 10.2. The molecule has 0 saturated carbocycles. The summed E-state index contributed by atoms with van der Waals surface area (Å²) in [4.78, 5) is 14.8. The summed E-state index contributed by atoms with van der Waals surface area (Å²) in [6.07, 6.45) is 1.41. The quantitative estimate of drug-likeness (QED) is 0.453. The number of morpholine rings is 1. The van der Waals surface area contributed by atoms with Gasteiger partial charge in [-0.15, -0.1) is 0 Å². The number of hydrogen-bond acceptors (Lipinski definition) is 5. The monoisotopic (exact) mass is 433 g/mol. The number of nitriles is 1. The molecule has 2 aromatic carbocycles. The maximum Gasteiger partial charge on any atom is 0.266 e. The lowest BCUT2D eigenvalue weighted by Crippen LogP contribution is -2.36. The van der Waals surface area contributed by atoms with Gasteiger partial charge in [0.1, 0.15) is 23.2 Å². The largest absolute Gasteiger partial charge is 0.457 e. The van der Waals surface area contributed by atoms with Crippen molar-refractivity contribution in [2.75, 3.05) is 36.5 Å². The standard InChI is InChI=1S/C24H20ClN3O3/c25-22-4-2-1-3-21(22)23-10-9-20(31-23)15-17(16-26)24(29)27-18-5-7-19(8-6-18)28-11-13-30-14-12-28/h1-10,15H,11-14H2,(H,27,29)/b17-15+. The first-order chi connectivity index (χ1) is 15.1. The van der Waals surface area contributed by atoms with Crippen LogP contribution in [0.2, 0.25) is 5.02 Å². The number of furan rings is 1. The van der Waals surface area contributed by atoms with Gasteiger partial charge in [-0.2, -0.15) is 5.26 Å². The second kappa shape index (κ2) is 9.52. The summed E-state index contributed by atoms with van der Waals surface area (Å²) < 4.78 is 11.1. The van der Waals surface area contributed by atoms with Crippen LogP contribution in [0.25, 0.3) is 17.4 Å². The SMILES string of the molecule is N#C/C(=C\c1ccc(-c2ccccc2Cl)o1)C(=O)Nc1ccc(N2CCOCC2)cc1. The van der Waals surface area contributed by atoms with Crippen LogP contribution in [0.1, 0.15) is 5.76 Å². The van der Waals surface area contributed by atoms with E-state index < -0.39 is 5.91 Å². The Kier molecular flexibility index (Phi) is 6.37. The molecule has 3 aromatic rings. The van der Waals surface area contributed by atoms with Gasteiger partial charge in [-0.1, -0.05) is 23.7 Å². The maximum atomic E-state index is 12.6. The van der Waals surface area contributed by atoms with Crippen LogP contribution in [0.15, 0.2) is 70.7 Å². The molecule has 1 aliphatic heterocycles. The van der Waals surface area contributed by atoms with E-state index in [0.29, 0.717) is 35.4 Å². The molecule has 0 bridgehead atoms. The third-order valence-electron chi connectivity index (χ3n) is 4.92. The van der Waals surface area contributed by atoms with Gasteiger partial charge in [0.05, 0.1) is 18.2 Å². The molecule has 1 N–H and O–H groups in total. The van der Waals surface area contributed by atoms with Crippen molar-refractivity contribution in [1.82, 2.24) is 0 Å². The first kappa shape index (κ1) is 20.7. The van der Waals surface area contributed by atoms with Crippen molar-refractivity contribution in [2.45, 2.75) is 0 Å². The Labute approximate surface area is 185 Å². The average molecular weight is 434 g/mol. The minimum Gasteiger partial charge on any atom is -0.457 e. The van der Waals surface area contributed by atoms with E-state index >= 15 is 0 Å². The van der Waals surface area contributed by atoms with Crippen LogP contribution in [-0.4, -0.2) is 32.2 Å². The molecule has 1 aliphatic rings. The van der Waals surface area contributed by atoms with Gasteiger partial charge in [-0.05, 0) is 48.5 Å². The molecule has 0 unspecified atom stereocenters. The number of amides is 1. The molecule has 156 valence electrons. The first-order valence-electron chi connectivity index (χ1n) is 9.85. The normalized spacial score (nSPS) is 14.2. The Bertz CT molecular complexity index is 1140. The molecule has 2 heterocycles. The zero-order valence-electron chi connectivity index (χ0n) is 16.7. The molecule has 0 aliphatic carbocycles. The van der Waals surface area contributed by atoms with Gasteiger partial charge in [-0.25, -0.2) is 0 Å². The minimum atomic E-state index is -0.502. The molecule has 1 amide bonds. The van der Waals surface area contributed by atoms with E-state index in [9.17, 15) is 10.1 Å². The van der Waals surface area contributed by atoms with E-state index in [2.05, 4.69) is 10.2 Å². The molecule has 31 heavy (non-hydrogen) atoms. The van der Waals surface area contributed by atoms with Crippen molar-refractivity contribution in [3.05, 3.63) is 77.0 Å². The van der Waals surface area contributed by atoms with Gasteiger partial charge in [-0.3, -0.25) is 4.79 Å². The van der Waals surface area contributed by atoms with Crippen LogP contribution in [0.4, 0.5) is 11.4 Å². The summed E-state index contributed by atoms with van der Waals surface area (Å²) >= 11 is 6.20. The average Bonchev–Trinajstić information content (AvgIpc) is 3.27. The third-order valence-corrected chi connectivity index (χ3v) is 5.25. The zero-order chi connectivity index (χ0) is 21.6. The van der Waals surface area contributed by atoms with Gasteiger partial charge >= 0.3 is 0 Å². The third kappa shape index (κ3) is 4.97. The number of nitrogens with zero attached hydrogens (tertiary/aromatic N) is 2. The van der Waals surface area contributed by atoms with Crippen molar-refractivity contribution >= 4 is 35.0 Å². The van der Waals surface area contributed by atoms with Gasteiger partial charge in [0.2, 0.25) is 0 Å². The van der Waals surface area contributed by atoms with Crippen molar-refractivity contribution in [3.63, 3.8) is 0 Å². The first-order valence-corrected chi connectivity index (χ1v) is 10.2. The summed E-state index contributed by atoms with van der Waals surface area (Å²) in [5.74, 6) is 0.454. The molecule has 0 atom stereocenters. The summed E-state index contributed by atoms with van der Waals surface area (Å²) in [7, 11) is 0. The number of ether oxygens (including phenoxy) is 1. The fraction of sp³-hybridized carbons (Fsp3) is 0.167. The number of halogens is 1. The van der Waals surface area contributed by atoms with Crippen LogP contribution < -0.4 is 10.2 Å². The zero-order valence-corrected chi connectivity index (χ0v) is 17.4. The second-order valence-electron chi connectivity index (χ2n) is 6.95. The Morgan fingerprint density at radius 1 is 1.06 bits per heavy atom. The molecule has 1 fully saturated rings. The smallest absolute Gasteiger partial charge is 0.266 e. The van der Waals surface area contributed by atoms with Gasteiger partial charge in [0, 0.05) is 36.1 Å². The predicted octanol–water partition coefficient (Wildman–Crippen LogP) is 4.98. The molecular formula is C24H20ClN3O3. The van der Waals surface area contributed by atoms with E-state index in [1.165, 1.54) is 6.08 Å². The number of hydrogen-bond donors (Lipinski definition) is 1. The lowest BCUT2D eigenvalue weighted by molar-refractivity contribution is -0.112. The highest BCUT2D eigenvalue weighted by molar-refractivity contribution is 6.33. The Morgan fingerprint density at radius 2 is 1.81 bits per heavy atom. The van der Waals surface area contributed by atoms with Gasteiger partial charge in [0.25, 0.3) is 5.91 Å². The number of benzene rings is 2. The van der Waals surface area contributed by atoms with E-state index in [1.54, 1.807) is 18.2 Å². The highest BCUT2D eigenvalue weighted by atomic mass is 35.5. The van der Waals surface area contributed by atoms with Crippen LogP contribution in [0.3, 0.4) is 0 Å². The number of nitrogens with one attached hydrogen (secondary N) is 1. The highest BCUT2D eigenvalue weighted by Gasteiger charge is 2.14. The van der Waals surface area contributed by atoms with E-state index in [1.807, 2.05) is 48.5 Å². The van der Waals surface area contributed by atoms with Crippen LogP contribution in [0, 0.1) is 11.3 Å². The summed E-state index contributed by atoms with van der Waals surface area (Å²) in [5, 5.41) is 12.8. The molecule has 7 heteroatoms. The maximum absolute atomic E-state index is 12.6. The molecule has 0 radical (unpaired) electrons. The van der Waals surface area contributed by atoms with Crippen LogP contribution >= 0.6 is 11.6 Å². The number of carbonyl (C=O) groups excluding carboxylic acids is 1. The van der Waals surface area contributed by atoms with Crippen molar-refractivity contribution in [2.24, 2.45) is 0 Å². The summed E-state index contributed by atoms with van der Waals surface area (Å²) in [5.41, 5.74) is 2.36. The molecular weight excluding hydrogens is 414 g/mol. The van der Waals surface area contributed by atoms with Crippen molar-refractivity contribution in [1.29, 1.82) is 5.26 Å². The molecule has 4 rings (SSSR count). The fourth-order valence-electron chi connectivity index (χ4n) is 3.30. The van der Waals surface area contributed by atoms with Gasteiger partial charge in [0.15, 0.2) is 0 Å². The van der Waals surface area contributed by atoms with Crippen molar-refractivity contribution in [3.8, 4) is 17.4 Å². The fourth-order valence-corrected chi connectivity index (χ4v) is 3.53. The Balaban J connectivity index is 1.45. The number of rotatable bonds is 5. The summed E-state index contributed by atoms with van der Waals surface area (Å²) in [6, 6.07) is 20.2. The molecule has 1 aromatic heterocycles. The summed E-state index contributed by atoms with van der Waals surface area (Å²) in [6.45, 7) is 3.10. The Morgan fingerprint density at radius 3 is 2.52 bits per heavy atom. The highest BCUT2D eigenvalue weighted by Crippen LogP contribution is 2.29. The van der Waals surface area contributed by atoms with E-state index in [0.717, 1.165) is 24.3 Å². The van der Waals surface area contributed by atoms with Gasteiger partial charge < -0.3 is 19.4 Å². The van der Waals surface area contributed by atoms with Crippen molar-refractivity contribution < 1.29 is 13.9 Å².